The molecular formula is C23H31N5O4. The van der Waals surface area contributed by atoms with Gasteiger partial charge in [-0.25, -0.2) is 10.3 Å². The van der Waals surface area contributed by atoms with Crippen molar-refractivity contribution in [3.8, 4) is 0 Å². The fourth-order valence-corrected chi connectivity index (χ4v) is 4.11. The molecule has 32 heavy (non-hydrogen) atoms. The third-order valence-electron chi connectivity index (χ3n) is 5.78. The lowest BCUT2D eigenvalue weighted by atomic mass is 10.0. The number of aromatic nitrogens is 1. The average molecular weight is 442 g/mol. The number of para-hydroxylation sites is 1. The molecular weight excluding hydrogens is 410 g/mol. The number of nitrogens with one attached hydrogen (secondary N) is 3. The SMILES string of the molecule is C[C@H](CNC(=O)Nc1cccc2cccnc12)CC(=O)N(CC(=O)NO)CC1CCCC1. The molecule has 1 saturated carbocycles. The maximum Gasteiger partial charge on any atom is 0.319 e. The second-order valence-electron chi connectivity index (χ2n) is 8.48. The molecule has 4 N–H and O–H groups in total. The smallest absolute Gasteiger partial charge is 0.319 e. The van der Waals surface area contributed by atoms with E-state index in [1.54, 1.807) is 17.7 Å². The summed E-state index contributed by atoms with van der Waals surface area (Å²) >= 11 is 0. The van der Waals surface area contributed by atoms with E-state index >= 15 is 0 Å². The number of fused-ring (bicyclic) bond motifs is 1. The largest absolute Gasteiger partial charge is 0.338 e. The first kappa shape index (κ1) is 23.5. The van der Waals surface area contributed by atoms with Crippen LogP contribution in [0.5, 0.6) is 0 Å². The Morgan fingerprint density at radius 1 is 1.19 bits per heavy atom. The number of nitrogens with zero attached hydrogens (tertiary/aromatic N) is 2. The van der Waals surface area contributed by atoms with Crippen LogP contribution in [0.15, 0.2) is 36.5 Å². The number of carbonyl (C=O) groups is 3. The third kappa shape index (κ3) is 6.65. The second kappa shape index (κ2) is 11.4. The van der Waals surface area contributed by atoms with Crippen LogP contribution in [0.4, 0.5) is 10.5 Å². The maximum absolute atomic E-state index is 12.8. The van der Waals surface area contributed by atoms with Crippen LogP contribution in [0, 0.1) is 11.8 Å². The maximum atomic E-state index is 12.8. The molecule has 3 rings (SSSR count). The lowest BCUT2D eigenvalue weighted by Gasteiger charge is -2.26. The van der Waals surface area contributed by atoms with Crippen molar-refractivity contribution in [1.82, 2.24) is 20.7 Å². The highest BCUT2D eigenvalue weighted by Gasteiger charge is 2.24. The molecule has 2 aromatic rings. The van der Waals surface area contributed by atoms with Crippen LogP contribution in [-0.4, -0.2) is 52.6 Å². The molecule has 1 fully saturated rings. The molecule has 0 saturated heterocycles. The summed E-state index contributed by atoms with van der Waals surface area (Å²) in [5.74, 6) is -0.500. The van der Waals surface area contributed by atoms with Gasteiger partial charge in [0.1, 0.15) is 6.54 Å². The molecule has 0 unspecified atom stereocenters. The van der Waals surface area contributed by atoms with Crippen molar-refractivity contribution in [3.05, 3.63) is 36.5 Å². The highest BCUT2D eigenvalue weighted by atomic mass is 16.5. The van der Waals surface area contributed by atoms with Crippen LogP contribution < -0.4 is 16.1 Å². The van der Waals surface area contributed by atoms with Crippen molar-refractivity contribution in [2.45, 2.75) is 39.0 Å². The second-order valence-corrected chi connectivity index (χ2v) is 8.48. The molecule has 1 aliphatic rings. The van der Waals surface area contributed by atoms with E-state index in [0.717, 1.165) is 31.1 Å². The summed E-state index contributed by atoms with van der Waals surface area (Å²) in [5.41, 5.74) is 2.92. The standard InChI is InChI=1S/C23H31N5O4/c1-16(12-21(30)28(15-20(29)27-32)14-17-6-2-3-7-17)13-25-23(31)26-19-10-4-8-18-9-5-11-24-22(18)19/h4-5,8-11,16-17,32H,2-3,6-7,12-15H2,1H3,(H,27,29)(H2,25,26,31)/t16-/m0/s1. The summed E-state index contributed by atoms with van der Waals surface area (Å²) in [6, 6.07) is 8.95. The number of rotatable bonds is 9. The van der Waals surface area contributed by atoms with Gasteiger partial charge >= 0.3 is 6.03 Å². The molecule has 1 aromatic carbocycles. The van der Waals surface area contributed by atoms with Crippen molar-refractivity contribution in [2.75, 3.05) is 25.0 Å². The summed E-state index contributed by atoms with van der Waals surface area (Å²) in [4.78, 5) is 42.6. The minimum absolute atomic E-state index is 0.123. The Bertz CT molecular complexity index is 940. The van der Waals surface area contributed by atoms with Crippen molar-refractivity contribution in [2.24, 2.45) is 11.8 Å². The average Bonchev–Trinajstić information content (AvgIpc) is 3.30. The molecule has 0 aliphatic heterocycles. The quantitative estimate of drug-likeness (QED) is 0.352. The zero-order valence-corrected chi connectivity index (χ0v) is 18.3. The number of hydrogen-bond acceptors (Lipinski definition) is 5. The topological polar surface area (TPSA) is 124 Å². The first-order valence-corrected chi connectivity index (χ1v) is 11.1. The molecule has 9 nitrogen and oxygen atoms in total. The van der Waals surface area contributed by atoms with E-state index in [2.05, 4.69) is 15.6 Å². The van der Waals surface area contributed by atoms with E-state index in [-0.39, 0.29) is 30.8 Å². The number of benzene rings is 1. The fraction of sp³-hybridized carbons (Fsp3) is 0.478. The molecule has 1 aromatic heterocycles. The number of pyridine rings is 1. The van der Waals surface area contributed by atoms with Crippen LogP contribution in [0.1, 0.15) is 39.0 Å². The van der Waals surface area contributed by atoms with E-state index < -0.39 is 5.91 Å². The van der Waals surface area contributed by atoms with Crippen LogP contribution >= 0.6 is 0 Å². The molecule has 0 spiro atoms. The van der Waals surface area contributed by atoms with Gasteiger partial charge in [-0.1, -0.05) is 38.0 Å². The molecule has 4 amide bonds. The molecule has 172 valence electrons. The molecule has 9 heteroatoms. The van der Waals surface area contributed by atoms with Gasteiger partial charge in [-0.15, -0.1) is 0 Å². The zero-order chi connectivity index (χ0) is 22.9. The number of anilines is 1. The predicted octanol–water partition coefficient (Wildman–Crippen LogP) is 2.91. The van der Waals surface area contributed by atoms with Crippen molar-refractivity contribution < 1.29 is 19.6 Å². The van der Waals surface area contributed by atoms with Crippen LogP contribution in [0.25, 0.3) is 10.9 Å². The number of carbonyl (C=O) groups excluding carboxylic acids is 3. The van der Waals surface area contributed by atoms with Gasteiger partial charge in [-0.3, -0.25) is 19.8 Å². The predicted molar refractivity (Wildman–Crippen MR) is 121 cm³/mol. The van der Waals surface area contributed by atoms with E-state index in [9.17, 15) is 14.4 Å². The number of amides is 4. The van der Waals surface area contributed by atoms with Gasteiger partial charge in [0.05, 0.1) is 11.2 Å². The Kier molecular flexibility index (Phi) is 8.38. The molecule has 1 atom stereocenters. The van der Waals surface area contributed by atoms with Crippen LogP contribution in [-0.2, 0) is 9.59 Å². The van der Waals surface area contributed by atoms with Gasteiger partial charge in [0.15, 0.2) is 0 Å². The first-order chi connectivity index (χ1) is 15.5. The minimum Gasteiger partial charge on any atom is -0.338 e. The third-order valence-corrected chi connectivity index (χ3v) is 5.78. The summed E-state index contributed by atoms with van der Waals surface area (Å²) in [6.45, 7) is 2.53. The highest BCUT2D eigenvalue weighted by Crippen LogP contribution is 2.26. The Morgan fingerprint density at radius 2 is 1.94 bits per heavy atom. The highest BCUT2D eigenvalue weighted by molar-refractivity contribution is 5.99. The number of urea groups is 1. The van der Waals surface area contributed by atoms with Gasteiger partial charge in [0.25, 0.3) is 5.91 Å². The van der Waals surface area contributed by atoms with Gasteiger partial charge in [0, 0.05) is 31.1 Å². The first-order valence-electron chi connectivity index (χ1n) is 11.1. The Morgan fingerprint density at radius 3 is 2.69 bits per heavy atom. The monoisotopic (exact) mass is 441 g/mol. The molecule has 0 radical (unpaired) electrons. The Hall–Kier alpha value is -3.20. The Balaban J connectivity index is 1.50. The fourth-order valence-electron chi connectivity index (χ4n) is 4.11. The zero-order valence-electron chi connectivity index (χ0n) is 18.3. The van der Waals surface area contributed by atoms with Gasteiger partial charge < -0.3 is 15.5 Å². The van der Waals surface area contributed by atoms with Crippen molar-refractivity contribution in [1.29, 1.82) is 0 Å². The summed E-state index contributed by atoms with van der Waals surface area (Å²) in [7, 11) is 0. The lowest BCUT2D eigenvalue weighted by molar-refractivity contribution is -0.140. The normalized spacial score (nSPS) is 14.7. The van der Waals surface area contributed by atoms with Crippen molar-refractivity contribution in [3.63, 3.8) is 0 Å². The van der Waals surface area contributed by atoms with Gasteiger partial charge in [0.2, 0.25) is 5.91 Å². The molecule has 1 aliphatic carbocycles. The number of hydrogen-bond donors (Lipinski definition) is 4. The van der Waals surface area contributed by atoms with Crippen LogP contribution in [0.3, 0.4) is 0 Å². The summed E-state index contributed by atoms with van der Waals surface area (Å²) in [6.07, 6.45) is 6.24. The lowest BCUT2D eigenvalue weighted by Crippen LogP contribution is -2.43. The molecule has 1 heterocycles. The van der Waals surface area contributed by atoms with E-state index in [0.29, 0.717) is 30.2 Å². The summed E-state index contributed by atoms with van der Waals surface area (Å²) in [5, 5.41) is 15.4. The van der Waals surface area contributed by atoms with Crippen LogP contribution in [0.2, 0.25) is 0 Å². The van der Waals surface area contributed by atoms with E-state index in [1.165, 1.54) is 4.90 Å². The van der Waals surface area contributed by atoms with E-state index in [1.807, 2.05) is 31.2 Å². The van der Waals surface area contributed by atoms with Crippen molar-refractivity contribution >= 4 is 34.4 Å². The van der Waals surface area contributed by atoms with Gasteiger partial charge in [-0.05, 0) is 36.8 Å². The molecule has 0 bridgehead atoms. The summed E-state index contributed by atoms with van der Waals surface area (Å²) < 4.78 is 0. The van der Waals surface area contributed by atoms with Gasteiger partial charge in [-0.2, -0.15) is 0 Å². The minimum atomic E-state index is -0.606. The Labute approximate surface area is 187 Å². The number of hydroxylamine groups is 1. The van der Waals surface area contributed by atoms with E-state index in [4.69, 9.17) is 5.21 Å².